The number of sulfonamides is 1. The fourth-order valence-electron chi connectivity index (χ4n) is 2.21. The van der Waals surface area contributed by atoms with Gasteiger partial charge in [-0.2, -0.15) is 0 Å². The second-order valence-electron chi connectivity index (χ2n) is 5.44. The first-order chi connectivity index (χ1) is 12.9. The van der Waals surface area contributed by atoms with Gasteiger partial charge in [-0.15, -0.1) is 0 Å². The van der Waals surface area contributed by atoms with E-state index >= 15 is 0 Å². The quantitative estimate of drug-likeness (QED) is 0.617. The van der Waals surface area contributed by atoms with Crippen molar-refractivity contribution in [2.24, 2.45) is 0 Å². The summed E-state index contributed by atoms with van der Waals surface area (Å²) < 4.78 is 37.5. The van der Waals surface area contributed by atoms with E-state index in [0.29, 0.717) is 22.9 Å². The fraction of sp³-hybridized carbons (Fsp3) is 0.278. The molecular formula is C18H21ClN2O5S. The summed E-state index contributed by atoms with van der Waals surface area (Å²) in [6.45, 7) is 2.54. The number of methoxy groups -OCH3 is 1. The highest BCUT2D eigenvalue weighted by molar-refractivity contribution is 7.89. The third-order valence-electron chi connectivity index (χ3n) is 3.51. The molecule has 0 bridgehead atoms. The van der Waals surface area contributed by atoms with Gasteiger partial charge in [0, 0.05) is 24.2 Å². The van der Waals surface area contributed by atoms with Crippen LogP contribution in [0.15, 0.2) is 47.4 Å². The number of hydrogen-bond donors (Lipinski definition) is 2. The first-order valence-electron chi connectivity index (χ1n) is 8.19. The summed E-state index contributed by atoms with van der Waals surface area (Å²) in [6, 6.07) is 10.6. The van der Waals surface area contributed by atoms with Gasteiger partial charge >= 0.3 is 0 Å². The first kappa shape index (κ1) is 21.2. The summed E-state index contributed by atoms with van der Waals surface area (Å²) in [5, 5.41) is 3.20. The van der Waals surface area contributed by atoms with Gasteiger partial charge in [0.15, 0.2) is 0 Å². The average Bonchev–Trinajstić information content (AvgIpc) is 2.64. The Morgan fingerprint density at radius 1 is 1.15 bits per heavy atom. The van der Waals surface area contributed by atoms with Gasteiger partial charge in [0.05, 0.1) is 23.8 Å². The molecule has 0 aromatic heterocycles. The molecule has 0 aliphatic carbocycles. The highest BCUT2D eigenvalue weighted by atomic mass is 35.5. The van der Waals surface area contributed by atoms with Gasteiger partial charge in [-0.3, -0.25) is 4.79 Å². The molecule has 0 atom stereocenters. The van der Waals surface area contributed by atoms with E-state index in [1.165, 1.54) is 25.3 Å². The summed E-state index contributed by atoms with van der Waals surface area (Å²) in [6.07, 6.45) is 0. The molecule has 0 aliphatic heterocycles. The zero-order chi connectivity index (χ0) is 19.9. The number of amides is 1. The van der Waals surface area contributed by atoms with Crippen molar-refractivity contribution in [3.63, 3.8) is 0 Å². The molecule has 0 fully saturated rings. The number of nitrogens with one attached hydrogen (secondary N) is 2. The van der Waals surface area contributed by atoms with Crippen LogP contribution in [-0.4, -0.2) is 41.2 Å². The standard InChI is InChI=1S/C18H21ClN2O5S/c1-3-26-17-9-8-15(27(23,24)20-10-11-25-2)12-16(17)21-18(22)13-4-6-14(19)7-5-13/h4-9,12,20H,3,10-11H2,1-2H3,(H,21,22). The monoisotopic (exact) mass is 412 g/mol. The number of halogens is 1. The first-order valence-corrected chi connectivity index (χ1v) is 10.1. The lowest BCUT2D eigenvalue weighted by atomic mass is 10.2. The highest BCUT2D eigenvalue weighted by Gasteiger charge is 2.18. The smallest absolute Gasteiger partial charge is 0.255 e. The molecule has 0 saturated heterocycles. The number of carbonyl (C=O) groups is 1. The van der Waals surface area contributed by atoms with Crippen LogP contribution in [0.2, 0.25) is 5.02 Å². The Morgan fingerprint density at radius 2 is 1.85 bits per heavy atom. The minimum atomic E-state index is -3.75. The Hall–Kier alpha value is -2.13. The lowest BCUT2D eigenvalue weighted by Crippen LogP contribution is -2.27. The number of rotatable bonds is 9. The third-order valence-corrected chi connectivity index (χ3v) is 5.22. The Morgan fingerprint density at radius 3 is 2.48 bits per heavy atom. The van der Waals surface area contributed by atoms with Crippen molar-refractivity contribution < 1.29 is 22.7 Å². The van der Waals surface area contributed by atoms with Crippen LogP contribution >= 0.6 is 11.6 Å². The maximum absolute atomic E-state index is 12.5. The minimum absolute atomic E-state index is 0.00784. The molecule has 0 spiro atoms. The van der Waals surface area contributed by atoms with E-state index in [9.17, 15) is 13.2 Å². The summed E-state index contributed by atoms with van der Waals surface area (Å²) >= 11 is 5.83. The summed E-state index contributed by atoms with van der Waals surface area (Å²) in [4.78, 5) is 12.5. The zero-order valence-corrected chi connectivity index (χ0v) is 16.6. The molecule has 0 heterocycles. The molecular weight excluding hydrogens is 392 g/mol. The van der Waals surface area contributed by atoms with Crippen LogP contribution in [-0.2, 0) is 14.8 Å². The van der Waals surface area contributed by atoms with Crippen molar-refractivity contribution in [3.05, 3.63) is 53.1 Å². The third kappa shape index (κ3) is 5.93. The van der Waals surface area contributed by atoms with Gasteiger partial charge in [0.25, 0.3) is 5.91 Å². The lowest BCUT2D eigenvalue weighted by Gasteiger charge is -2.14. The van der Waals surface area contributed by atoms with Gasteiger partial charge in [0.2, 0.25) is 10.0 Å². The van der Waals surface area contributed by atoms with E-state index < -0.39 is 15.9 Å². The SMILES string of the molecule is CCOc1ccc(S(=O)(=O)NCCOC)cc1NC(=O)c1ccc(Cl)cc1. The van der Waals surface area contributed by atoms with E-state index in [2.05, 4.69) is 10.0 Å². The number of carbonyl (C=O) groups excluding carboxylic acids is 1. The van der Waals surface area contributed by atoms with E-state index in [1.807, 2.05) is 0 Å². The molecule has 7 nitrogen and oxygen atoms in total. The summed E-state index contributed by atoms with van der Waals surface area (Å²) in [5.41, 5.74) is 0.639. The number of hydrogen-bond acceptors (Lipinski definition) is 5. The van der Waals surface area contributed by atoms with Crippen molar-refractivity contribution in [1.29, 1.82) is 0 Å². The highest BCUT2D eigenvalue weighted by Crippen LogP contribution is 2.28. The molecule has 2 rings (SSSR count). The van der Waals surface area contributed by atoms with E-state index in [4.69, 9.17) is 21.1 Å². The zero-order valence-electron chi connectivity index (χ0n) is 15.0. The molecule has 0 radical (unpaired) electrons. The normalized spacial score (nSPS) is 11.2. The Kier molecular flexibility index (Phi) is 7.61. The van der Waals surface area contributed by atoms with Crippen LogP contribution < -0.4 is 14.8 Å². The van der Waals surface area contributed by atoms with E-state index in [-0.39, 0.29) is 23.7 Å². The van der Waals surface area contributed by atoms with E-state index in [1.54, 1.807) is 31.2 Å². The Balaban J connectivity index is 2.29. The van der Waals surface area contributed by atoms with Crippen molar-refractivity contribution in [3.8, 4) is 5.75 Å². The van der Waals surface area contributed by atoms with Crippen LogP contribution in [0, 0.1) is 0 Å². The molecule has 2 aromatic rings. The van der Waals surface area contributed by atoms with Gasteiger partial charge in [-0.25, -0.2) is 13.1 Å². The van der Waals surface area contributed by atoms with Crippen molar-refractivity contribution >= 4 is 33.2 Å². The maximum atomic E-state index is 12.5. The number of ether oxygens (including phenoxy) is 2. The van der Waals surface area contributed by atoms with Gasteiger partial charge in [0.1, 0.15) is 5.75 Å². The van der Waals surface area contributed by atoms with Crippen LogP contribution in [0.3, 0.4) is 0 Å². The molecule has 0 saturated carbocycles. The molecule has 9 heteroatoms. The molecule has 0 unspecified atom stereocenters. The van der Waals surface area contributed by atoms with Crippen molar-refractivity contribution in [2.75, 3.05) is 32.2 Å². The van der Waals surface area contributed by atoms with Crippen LogP contribution in [0.4, 0.5) is 5.69 Å². The van der Waals surface area contributed by atoms with Crippen LogP contribution in [0.25, 0.3) is 0 Å². The largest absolute Gasteiger partial charge is 0.492 e. The predicted molar refractivity (Wildman–Crippen MR) is 104 cm³/mol. The Labute approximate surface area is 163 Å². The molecule has 146 valence electrons. The summed E-state index contributed by atoms with van der Waals surface area (Å²) in [5.74, 6) is -0.0369. The topological polar surface area (TPSA) is 93.7 Å². The summed E-state index contributed by atoms with van der Waals surface area (Å²) in [7, 11) is -2.27. The Bertz CT molecular complexity index is 885. The second-order valence-corrected chi connectivity index (χ2v) is 7.65. The second kappa shape index (κ2) is 9.70. The fourth-order valence-corrected chi connectivity index (χ4v) is 3.38. The molecule has 27 heavy (non-hydrogen) atoms. The lowest BCUT2D eigenvalue weighted by molar-refractivity contribution is 0.102. The van der Waals surface area contributed by atoms with Crippen LogP contribution in [0.5, 0.6) is 5.75 Å². The van der Waals surface area contributed by atoms with E-state index in [0.717, 1.165) is 0 Å². The number of anilines is 1. The van der Waals surface area contributed by atoms with Crippen LogP contribution in [0.1, 0.15) is 17.3 Å². The molecule has 2 N–H and O–H groups in total. The molecule has 0 aliphatic rings. The van der Waals surface area contributed by atoms with Gasteiger partial charge < -0.3 is 14.8 Å². The van der Waals surface area contributed by atoms with Gasteiger partial charge in [-0.05, 0) is 49.4 Å². The van der Waals surface area contributed by atoms with Crippen molar-refractivity contribution in [1.82, 2.24) is 4.72 Å². The minimum Gasteiger partial charge on any atom is -0.492 e. The molecule has 1 amide bonds. The van der Waals surface area contributed by atoms with Gasteiger partial charge in [-0.1, -0.05) is 11.6 Å². The predicted octanol–water partition coefficient (Wildman–Crippen LogP) is 2.92. The van der Waals surface area contributed by atoms with Crippen molar-refractivity contribution in [2.45, 2.75) is 11.8 Å². The number of benzene rings is 2. The molecule has 2 aromatic carbocycles. The maximum Gasteiger partial charge on any atom is 0.255 e. The average molecular weight is 413 g/mol.